The van der Waals surface area contributed by atoms with Gasteiger partial charge in [0.15, 0.2) is 0 Å². The van der Waals surface area contributed by atoms with Crippen molar-refractivity contribution in [3.05, 3.63) is 0 Å². The van der Waals surface area contributed by atoms with E-state index in [2.05, 4.69) is 13.8 Å². The standard InChI is InChI=1S/C11H21Cl/c1-3-5-11(12)9(2)8-10-6-4-7-10/h9-11H,3-8H2,1-2H3. The highest BCUT2D eigenvalue weighted by atomic mass is 35.5. The molecule has 2 atom stereocenters. The van der Waals surface area contributed by atoms with Gasteiger partial charge in [-0.05, 0) is 24.7 Å². The molecule has 0 bridgehead atoms. The van der Waals surface area contributed by atoms with Crippen molar-refractivity contribution in [2.45, 2.75) is 57.7 Å². The molecule has 2 unspecified atom stereocenters. The van der Waals surface area contributed by atoms with E-state index in [0.717, 1.165) is 11.8 Å². The lowest BCUT2D eigenvalue weighted by molar-refractivity contribution is 0.251. The first kappa shape index (κ1) is 10.4. The lowest BCUT2D eigenvalue weighted by Gasteiger charge is -2.29. The lowest BCUT2D eigenvalue weighted by Crippen LogP contribution is -2.20. The minimum Gasteiger partial charge on any atom is -0.123 e. The van der Waals surface area contributed by atoms with Crippen LogP contribution in [0.1, 0.15) is 52.4 Å². The van der Waals surface area contributed by atoms with Gasteiger partial charge in [0.1, 0.15) is 0 Å². The highest BCUT2D eigenvalue weighted by Gasteiger charge is 2.23. The molecular formula is C11H21Cl. The molecule has 0 aromatic heterocycles. The van der Waals surface area contributed by atoms with Crippen molar-refractivity contribution < 1.29 is 0 Å². The van der Waals surface area contributed by atoms with Crippen LogP contribution in [0.2, 0.25) is 0 Å². The summed E-state index contributed by atoms with van der Waals surface area (Å²) in [6.07, 6.45) is 8.16. The molecule has 0 amide bonds. The first-order valence-electron chi connectivity index (χ1n) is 5.38. The minimum absolute atomic E-state index is 0.426. The minimum atomic E-state index is 0.426. The summed E-state index contributed by atoms with van der Waals surface area (Å²) in [5.41, 5.74) is 0. The molecular weight excluding hydrogens is 168 g/mol. The van der Waals surface area contributed by atoms with Gasteiger partial charge in [-0.1, -0.05) is 39.5 Å². The van der Waals surface area contributed by atoms with Gasteiger partial charge in [-0.2, -0.15) is 0 Å². The largest absolute Gasteiger partial charge is 0.123 e. The molecule has 72 valence electrons. The number of rotatable bonds is 5. The van der Waals surface area contributed by atoms with Crippen LogP contribution in [-0.2, 0) is 0 Å². The van der Waals surface area contributed by atoms with Crippen LogP contribution in [0.3, 0.4) is 0 Å². The van der Waals surface area contributed by atoms with Gasteiger partial charge < -0.3 is 0 Å². The molecule has 0 nitrogen and oxygen atoms in total. The van der Waals surface area contributed by atoms with Gasteiger partial charge in [0, 0.05) is 5.38 Å². The summed E-state index contributed by atoms with van der Waals surface area (Å²) in [5.74, 6) is 1.75. The zero-order valence-corrected chi connectivity index (χ0v) is 9.11. The number of halogens is 1. The number of hydrogen-bond donors (Lipinski definition) is 0. The van der Waals surface area contributed by atoms with Gasteiger partial charge in [0.25, 0.3) is 0 Å². The topological polar surface area (TPSA) is 0 Å². The quantitative estimate of drug-likeness (QED) is 0.567. The van der Waals surface area contributed by atoms with E-state index in [1.54, 1.807) is 0 Å². The molecule has 1 aliphatic carbocycles. The molecule has 0 saturated heterocycles. The monoisotopic (exact) mass is 188 g/mol. The lowest BCUT2D eigenvalue weighted by atomic mass is 9.78. The summed E-state index contributed by atoms with van der Waals surface area (Å²) >= 11 is 6.26. The van der Waals surface area contributed by atoms with Crippen molar-refractivity contribution in [3.63, 3.8) is 0 Å². The van der Waals surface area contributed by atoms with E-state index in [0.29, 0.717) is 5.38 Å². The second-order valence-corrected chi connectivity index (χ2v) is 4.88. The van der Waals surface area contributed by atoms with Crippen molar-refractivity contribution in [1.29, 1.82) is 0 Å². The van der Waals surface area contributed by atoms with Gasteiger partial charge in [-0.15, -0.1) is 11.6 Å². The normalized spacial score (nSPS) is 23.2. The number of alkyl halides is 1. The van der Waals surface area contributed by atoms with Crippen LogP contribution in [0.4, 0.5) is 0 Å². The van der Waals surface area contributed by atoms with Crippen molar-refractivity contribution in [3.8, 4) is 0 Å². The van der Waals surface area contributed by atoms with Crippen LogP contribution in [0.15, 0.2) is 0 Å². The van der Waals surface area contributed by atoms with E-state index < -0.39 is 0 Å². The van der Waals surface area contributed by atoms with Crippen LogP contribution >= 0.6 is 11.6 Å². The number of hydrogen-bond acceptors (Lipinski definition) is 0. The molecule has 0 aromatic carbocycles. The van der Waals surface area contributed by atoms with E-state index >= 15 is 0 Å². The van der Waals surface area contributed by atoms with Crippen LogP contribution in [0, 0.1) is 11.8 Å². The molecule has 0 radical (unpaired) electrons. The Morgan fingerprint density at radius 1 is 1.42 bits per heavy atom. The van der Waals surface area contributed by atoms with Gasteiger partial charge >= 0.3 is 0 Å². The van der Waals surface area contributed by atoms with E-state index in [9.17, 15) is 0 Å². The summed E-state index contributed by atoms with van der Waals surface area (Å²) in [7, 11) is 0. The zero-order chi connectivity index (χ0) is 8.97. The summed E-state index contributed by atoms with van der Waals surface area (Å²) in [6.45, 7) is 4.52. The summed E-state index contributed by atoms with van der Waals surface area (Å²) in [5, 5.41) is 0.426. The third kappa shape index (κ3) is 2.97. The first-order valence-corrected chi connectivity index (χ1v) is 5.81. The van der Waals surface area contributed by atoms with Gasteiger partial charge in [-0.25, -0.2) is 0 Å². The van der Waals surface area contributed by atoms with Crippen molar-refractivity contribution in [2.24, 2.45) is 11.8 Å². The third-order valence-electron chi connectivity index (χ3n) is 3.11. The fourth-order valence-corrected chi connectivity index (χ4v) is 2.28. The molecule has 1 aliphatic rings. The Morgan fingerprint density at radius 3 is 2.50 bits per heavy atom. The van der Waals surface area contributed by atoms with Crippen LogP contribution in [-0.4, -0.2) is 5.38 Å². The second-order valence-electron chi connectivity index (χ2n) is 4.31. The van der Waals surface area contributed by atoms with E-state index in [1.807, 2.05) is 0 Å². The Morgan fingerprint density at radius 2 is 2.08 bits per heavy atom. The van der Waals surface area contributed by atoms with Gasteiger partial charge in [-0.3, -0.25) is 0 Å². The maximum Gasteiger partial charge on any atom is 0.0361 e. The predicted molar refractivity (Wildman–Crippen MR) is 55.7 cm³/mol. The molecule has 1 fully saturated rings. The maximum atomic E-state index is 6.26. The molecule has 1 rings (SSSR count). The van der Waals surface area contributed by atoms with Gasteiger partial charge in [0.2, 0.25) is 0 Å². The van der Waals surface area contributed by atoms with Gasteiger partial charge in [0.05, 0.1) is 0 Å². The predicted octanol–water partition coefficient (Wildman–Crippen LogP) is 4.22. The average Bonchev–Trinajstić information content (AvgIpc) is 1.97. The maximum absolute atomic E-state index is 6.26. The van der Waals surface area contributed by atoms with Crippen LogP contribution < -0.4 is 0 Å². The van der Waals surface area contributed by atoms with E-state index in [4.69, 9.17) is 11.6 Å². The van der Waals surface area contributed by atoms with E-state index in [-0.39, 0.29) is 0 Å². The zero-order valence-electron chi connectivity index (χ0n) is 8.35. The fourth-order valence-electron chi connectivity index (χ4n) is 1.96. The summed E-state index contributed by atoms with van der Waals surface area (Å²) in [4.78, 5) is 0. The van der Waals surface area contributed by atoms with Crippen molar-refractivity contribution >= 4 is 11.6 Å². The Hall–Kier alpha value is 0.290. The van der Waals surface area contributed by atoms with E-state index in [1.165, 1.54) is 38.5 Å². The molecule has 12 heavy (non-hydrogen) atoms. The SMILES string of the molecule is CCCC(Cl)C(C)CC1CCC1. The molecule has 0 N–H and O–H groups in total. The molecule has 0 aliphatic heterocycles. The molecule has 0 aromatic rings. The molecule has 1 saturated carbocycles. The Kier molecular flexibility index (Phi) is 4.42. The Labute approximate surface area is 81.7 Å². The summed E-state index contributed by atoms with van der Waals surface area (Å²) in [6, 6.07) is 0. The van der Waals surface area contributed by atoms with Crippen molar-refractivity contribution in [1.82, 2.24) is 0 Å². The Bertz CT molecular complexity index is 118. The third-order valence-corrected chi connectivity index (χ3v) is 3.76. The average molecular weight is 189 g/mol. The molecule has 0 heterocycles. The smallest absolute Gasteiger partial charge is 0.0361 e. The fraction of sp³-hybridized carbons (Fsp3) is 1.00. The van der Waals surface area contributed by atoms with Crippen molar-refractivity contribution in [2.75, 3.05) is 0 Å². The first-order chi connectivity index (χ1) is 5.74. The second kappa shape index (κ2) is 5.11. The Balaban J connectivity index is 2.12. The molecule has 0 spiro atoms. The van der Waals surface area contributed by atoms with Crippen LogP contribution in [0.25, 0.3) is 0 Å². The van der Waals surface area contributed by atoms with Crippen LogP contribution in [0.5, 0.6) is 0 Å². The highest BCUT2D eigenvalue weighted by Crippen LogP contribution is 2.34. The highest BCUT2D eigenvalue weighted by molar-refractivity contribution is 6.20. The summed E-state index contributed by atoms with van der Waals surface area (Å²) < 4.78 is 0. The molecule has 1 heteroatoms.